The molecule has 2 rings (SSSR count). The van der Waals surface area contributed by atoms with Crippen LogP contribution in [-0.2, 0) is 13.1 Å². The maximum atomic E-state index is 3.52. The fourth-order valence-corrected chi connectivity index (χ4v) is 3.02. The minimum atomic E-state index is 0.506. The highest BCUT2D eigenvalue weighted by Gasteiger charge is 2.09. The van der Waals surface area contributed by atoms with Gasteiger partial charge in [-0.1, -0.05) is 37.6 Å². The summed E-state index contributed by atoms with van der Waals surface area (Å²) in [5, 5.41) is 5.66. The first-order valence-electron chi connectivity index (χ1n) is 7.12. The number of hydrogen-bond acceptors (Lipinski definition) is 3. The number of anilines is 1. The summed E-state index contributed by atoms with van der Waals surface area (Å²) in [7, 11) is 2.17. The molecule has 20 heavy (non-hydrogen) atoms. The van der Waals surface area contributed by atoms with E-state index in [1.807, 2.05) is 11.3 Å². The molecule has 108 valence electrons. The van der Waals surface area contributed by atoms with Gasteiger partial charge in [0.2, 0.25) is 0 Å². The Bertz CT molecular complexity index is 532. The van der Waals surface area contributed by atoms with Crippen LogP contribution in [0.25, 0.3) is 0 Å². The minimum absolute atomic E-state index is 0.506. The number of hydrogen-bond donors (Lipinski definition) is 1. The van der Waals surface area contributed by atoms with Crippen LogP contribution in [0.2, 0.25) is 0 Å². The molecular formula is C17H24N2S. The Labute approximate surface area is 126 Å². The van der Waals surface area contributed by atoms with Gasteiger partial charge in [0.1, 0.15) is 0 Å². The third-order valence-corrected chi connectivity index (χ3v) is 4.18. The Morgan fingerprint density at radius 3 is 2.70 bits per heavy atom. The summed E-state index contributed by atoms with van der Waals surface area (Å²) in [4.78, 5) is 3.73. The van der Waals surface area contributed by atoms with Gasteiger partial charge >= 0.3 is 0 Å². The highest BCUT2D eigenvalue weighted by Crippen LogP contribution is 2.24. The summed E-state index contributed by atoms with van der Waals surface area (Å²) in [6, 6.07) is 11.5. The Balaban J connectivity index is 2.16. The first-order chi connectivity index (χ1) is 9.56. The SMILES string of the molecule is Cc1ccc(N(C)Cc2cccs2)c(CNC(C)C)c1. The van der Waals surface area contributed by atoms with Gasteiger partial charge in [0.15, 0.2) is 0 Å². The molecule has 0 unspecified atom stereocenters. The number of rotatable bonds is 6. The zero-order valence-corrected chi connectivity index (χ0v) is 13.6. The molecule has 1 aromatic heterocycles. The third kappa shape index (κ3) is 4.09. The summed E-state index contributed by atoms with van der Waals surface area (Å²) < 4.78 is 0. The molecule has 0 aliphatic heterocycles. The third-order valence-electron chi connectivity index (χ3n) is 3.32. The highest BCUT2D eigenvalue weighted by atomic mass is 32.1. The second-order valence-corrected chi connectivity index (χ2v) is 6.64. The van der Waals surface area contributed by atoms with Crippen molar-refractivity contribution < 1.29 is 0 Å². The van der Waals surface area contributed by atoms with Crippen molar-refractivity contribution in [2.45, 2.75) is 39.9 Å². The quantitative estimate of drug-likeness (QED) is 0.857. The Hall–Kier alpha value is -1.32. The monoisotopic (exact) mass is 288 g/mol. The lowest BCUT2D eigenvalue weighted by Gasteiger charge is -2.23. The van der Waals surface area contributed by atoms with Crippen molar-refractivity contribution in [3.05, 3.63) is 51.7 Å². The van der Waals surface area contributed by atoms with E-state index in [4.69, 9.17) is 0 Å². The molecular weight excluding hydrogens is 264 g/mol. The highest BCUT2D eigenvalue weighted by molar-refractivity contribution is 7.09. The molecule has 0 spiro atoms. The second-order valence-electron chi connectivity index (χ2n) is 5.60. The van der Waals surface area contributed by atoms with Crippen molar-refractivity contribution in [2.24, 2.45) is 0 Å². The van der Waals surface area contributed by atoms with Gasteiger partial charge in [-0.15, -0.1) is 11.3 Å². The van der Waals surface area contributed by atoms with Gasteiger partial charge in [-0.2, -0.15) is 0 Å². The fourth-order valence-electron chi connectivity index (χ4n) is 2.26. The van der Waals surface area contributed by atoms with Gasteiger partial charge in [-0.3, -0.25) is 0 Å². The van der Waals surface area contributed by atoms with Crippen LogP contribution in [0, 0.1) is 6.92 Å². The van der Waals surface area contributed by atoms with Crippen molar-refractivity contribution in [1.82, 2.24) is 5.32 Å². The molecule has 2 nitrogen and oxygen atoms in total. The van der Waals surface area contributed by atoms with E-state index in [1.54, 1.807) is 0 Å². The molecule has 0 saturated heterocycles. The second kappa shape index (κ2) is 6.91. The van der Waals surface area contributed by atoms with E-state index in [-0.39, 0.29) is 0 Å². The number of nitrogens with zero attached hydrogens (tertiary/aromatic N) is 1. The Kier molecular flexibility index (Phi) is 5.21. The molecule has 0 radical (unpaired) electrons. The first-order valence-corrected chi connectivity index (χ1v) is 8.00. The largest absolute Gasteiger partial charge is 0.369 e. The summed E-state index contributed by atoms with van der Waals surface area (Å²) in [6.45, 7) is 8.41. The number of aryl methyl sites for hydroxylation is 1. The van der Waals surface area contributed by atoms with Crippen molar-refractivity contribution in [1.29, 1.82) is 0 Å². The topological polar surface area (TPSA) is 15.3 Å². The summed E-state index contributed by atoms with van der Waals surface area (Å²) in [5.74, 6) is 0. The molecule has 0 bridgehead atoms. The van der Waals surface area contributed by atoms with Crippen molar-refractivity contribution in [3.8, 4) is 0 Å². The van der Waals surface area contributed by atoms with Crippen LogP contribution < -0.4 is 10.2 Å². The van der Waals surface area contributed by atoms with Gasteiger partial charge < -0.3 is 10.2 Å². The lowest BCUT2D eigenvalue weighted by molar-refractivity contribution is 0.588. The molecule has 0 aliphatic rings. The number of nitrogens with one attached hydrogen (secondary N) is 1. The minimum Gasteiger partial charge on any atom is -0.369 e. The maximum absolute atomic E-state index is 3.52. The molecule has 0 atom stereocenters. The molecule has 1 aromatic carbocycles. The summed E-state index contributed by atoms with van der Waals surface area (Å²) >= 11 is 1.82. The van der Waals surface area contributed by atoms with E-state index in [0.29, 0.717) is 6.04 Å². The smallest absolute Gasteiger partial charge is 0.0519 e. The predicted octanol–water partition coefficient (Wildman–Crippen LogP) is 4.19. The van der Waals surface area contributed by atoms with E-state index < -0.39 is 0 Å². The van der Waals surface area contributed by atoms with Gasteiger partial charge in [-0.25, -0.2) is 0 Å². The molecule has 3 heteroatoms. The standard InChI is InChI=1S/C17H24N2S/c1-13(2)18-11-15-10-14(3)7-8-17(15)19(4)12-16-6-5-9-20-16/h5-10,13,18H,11-12H2,1-4H3. The molecule has 0 saturated carbocycles. The van der Waals surface area contributed by atoms with Crippen LogP contribution >= 0.6 is 11.3 Å². The maximum Gasteiger partial charge on any atom is 0.0519 e. The van der Waals surface area contributed by atoms with Crippen LogP contribution in [0.4, 0.5) is 5.69 Å². The molecule has 0 aliphatic carbocycles. The number of benzene rings is 1. The van der Waals surface area contributed by atoms with E-state index >= 15 is 0 Å². The zero-order chi connectivity index (χ0) is 14.5. The predicted molar refractivity (Wildman–Crippen MR) is 89.6 cm³/mol. The molecule has 1 heterocycles. The average Bonchev–Trinajstić information content (AvgIpc) is 2.89. The van der Waals surface area contributed by atoms with Crippen molar-refractivity contribution in [3.63, 3.8) is 0 Å². The summed E-state index contributed by atoms with van der Waals surface area (Å²) in [6.07, 6.45) is 0. The molecule has 0 amide bonds. The number of thiophene rings is 1. The van der Waals surface area contributed by atoms with Gasteiger partial charge in [0.25, 0.3) is 0 Å². The van der Waals surface area contributed by atoms with Crippen LogP contribution in [0.3, 0.4) is 0 Å². The lowest BCUT2D eigenvalue weighted by atomic mass is 10.1. The van der Waals surface area contributed by atoms with E-state index in [9.17, 15) is 0 Å². The van der Waals surface area contributed by atoms with Crippen LogP contribution in [0.5, 0.6) is 0 Å². The molecule has 2 aromatic rings. The Morgan fingerprint density at radius 2 is 2.05 bits per heavy atom. The van der Waals surface area contributed by atoms with Crippen LogP contribution in [-0.4, -0.2) is 13.1 Å². The van der Waals surface area contributed by atoms with Gasteiger partial charge in [0, 0.05) is 30.2 Å². The van der Waals surface area contributed by atoms with E-state index in [2.05, 4.69) is 73.7 Å². The van der Waals surface area contributed by atoms with Gasteiger partial charge in [-0.05, 0) is 30.0 Å². The van der Waals surface area contributed by atoms with Crippen molar-refractivity contribution in [2.75, 3.05) is 11.9 Å². The molecule has 0 fully saturated rings. The van der Waals surface area contributed by atoms with Crippen molar-refractivity contribution >= 4 is 17.0 Å². The Morgan fingerprint density at radius 1 is 1.25 bits per heavy atom. The van der Waals surface area contributed by atoms with E-state index in [0.717, 1.165) is 13.1 Å². The van der Waals surface area contributed by atoms with E-state index in [1.165, 1.54) is 21.7 Å². The summed E-state index contributed by atoms with van der Waals surface area (Å²) in [5.41, 5.74) is 4.01. The average molecular weight is 288 g/mol. The first kappa shape index (κ1) is 15.1. The lowest BCUT2D eigenvalue weighted by Crippen LogP contribution is -2.24. The van der Waals surface area contributed by atoms with Crippen LogP contribution in [0.15, 0.2) is 35.7 Å². The van der Waals surface area contributed by atoms with Gasteiger partial charge in [0.05, 0.1) is 6.54 Å². The molecule has 1 N–H and O–H groups in total. The normalized spacial score (nSPS) is 11.1. The fraction of sp³-hybridized carbons (Fsp3) is 0.412. The van der Waals surface area contributed by atoms with Crippen LogP contribution in [0.1, 0.15) is 29.9 Å². The zero-order valence-electron chi connectivity index (χ0n) is 12.8.